The van der Waals surface area contributed by atoms with E-state index in [4.69, 9.17) is 0 Å². The monoisotopic (exact) mass is 427 g/mol. The molecule has 0 aromatic heterocycles. The zero-order valence-electron chi connectivity index (χ0n) is 15.5. The Labute approximate surface area is 165 Å². The lowest BCUT2D eigenvalue weighted by atomic mass is 10.1. The smallest absolute Gasteiger partial charge is 0.311 e. The van der Waals surface area contributed by atoms with Gasteiger partial charge in [-0.05, 0) is 19.3 Å². The van der Waals surface area contributed by atoms with Gasteiger partial charge in [0, 0.05) is 24.1 Å². The summed E-state index contributed by atoms with van der Waals surface area (Å²) in [6, 6.07) is 0. The normalized spacial score (nSPS) is 11.4. The summed E-state index contributed by atoms with van der Waals surface area (Å²) in [6.45, 7) is 4.43. The summed E-state index contributed by atoms with van der Waals surface area (Å²) >= 11 is 4.39. The topological polar surface area (TPSA) is 55.4 Å². The zero-order chi connectivity index (χ0) is 21.5. The molecule has 1 rings (SSSR count). The van der Waals surface area contributed by atoms with Crippen LogP contribution in [0.5, 0.6) is 5.75 Å². The predicted molar refractivity (Wildman–Crippen MR) is 95.6 cm³/mol. The van der Waals surface area contributed by atoms with Crippen molar-refractivity contribution in [1.82, 2.24) is 5.32 Å². The van der Waals surface area contributed by atoms with Gasteiger partial charge in [0.2, 0.25) is 40.7 Å². The van der Waals surface area contributed by atoms with Crippen LogP contribution in [0.1, 0.15) is 52.4 Å². The molecule has 158 valence electrons. The van der Waals surface area contributed by atoms with E-state index in [0.29, 0.717) is 6.54 Å². The van der Waals surface area contributed by atoms with Gasteiger partial charge in [0.05, 0.1) is 0 Å². The van der Waals surface area contributed by atoms with E-state index < -0.39 is 47.2 Å². The van der Waals surface area contributed by atoms with Gasteiger partial charge >= 0.3 is 5.97 Å². The van der Waals surface area contributed by atoms with E-state index in [-0.39, 0.29) is 23.5 Å². The minimum absolute atomic E-state index is 0.0102. The zero-order valence-corrected chi connectivity index (χ0v) is 16.4. The third kappa shape index (κ3) is 7.65. The molecule has 0 bridgehead atoms. The van der Waals surface area contributed by atoms with Crippen molar-refractivity contribution >= 4 is 24.5 Å². The molecule has 0 spiro atoms. The Morgan fingerprint density at radius 1 is 0.893 bits per heavy atom. The molecule has 0 atom stereocenters. The Bertz CT molecular complexity index is 693. The van der Waals surface area contributed by atoms with E-state index in [2.05, 4.69) is 22.7 Å². The van der Waals surface area contributed by atoms with Crippen LogP contribution >= 0.6 is 12.6 Å². The molecule has 0 aliphatic carbocycles. The number of hydrogen-bond donors (Lipinski definition) is 2. The van der Waals surface area contributed by atoms with E-state index in [9.17, 15) is 31.5 Å². The number of carbonyl (C=O) groups excluding carboxylic acids is 2. The van der Waals surface area contributed by atoms with Crippen LogP contribution in [0.15, 0.2) is 0 Å². The summed E-state index contributed by atoms with van der Waals surface area (Å²) in [4.78, 5) is 23.2. The number of amides is 1. The second-order valence-corrected chi connectivity index (χ2v) is 8.06. The second-order valence-electron chi connectivity index (χ2n) is 6.85. The molecule has 1 aromatic rings. The number of rotatable bonds is 10. The fourth-order valence-corrected chi connectivity index (χ4v) is 2.39. The lowest BCUT2D eigenvalue weighted by Crippen LogP contribution is -2.24. The van der Waals surface area contributed by atoms with E-state index in [1.807, 2.05) is 13.8 Å². The van der Waals surface area contributed by atoms with Gasteiger partial charge in [-0.3, -0.25) is 9.59 Å². The Hall–Kier alpha value is -1.84. The fraction of sp³-hybridized carbons (Fsp3) is 0.556. The molecule has 0 aliphatic rings. The quantitative estimate of drug-likeness (QED) is 0.110. The molecule has 1 amide bonds. The van der Waals surface area contributed by atoms with Crippen LogP contribution in [0.4, 0.5) is 22.0 Å². The van der Waals surface area contributed by atoms with Crippen molar-refractivity contribution in [2.75, 3.05) is 6.54 Å². The largest absolute Gasteiger partial charge is 0.420 e. The Morgan fingerprint density at radius 2 is 1.43 bits per heavy atom. The summed E-state index contributed by atoms with van der Waals surface area (Å²) in [7, 11) is 0. The van der Waals surface area contributed by atoms with Crippen molar-refractivity contribution < 1.29 is 36.3 Å². The highest BCUT2D eigenvalue weighted by molar-refractivity contribution is 7.81. The first-order chi connectivity index (χ1) is 12.9. The third-order valence-electron chi connectivity index (χ3n) is 3.71. The maximum Gasteiger partial charge on any atom is 0.311 e. The van der Waals surface area contributed by atoms with Gasteiger partial charge in [-0.2, -0.15) is 21.4 Å². The Balaban J connectivity index is 2.37. The van der Waals surface area contributed by atoms with E-state index in [1.165, 1.54) is 0 Å². The van der Waals surface area contributed by atoms with Crippen molar-refractivity contribution in [1.29, 1.82) is 0 Å². The summed E-state index contributed by atoms with van der Waals surface area (Å²) < 4.78 is 70.0. The van der Waals surface area contributed by atoms with Crippen molar-refractivity contribution in [3.05, 3.63) is 29.1 Å². The van der Waals surface area contributed by atoms with Crippen molar-refractivity contribution in [2.24, 2.45) is 0 Å². The number of halogens is 5. The van der Waals surface area contributed by atoms with Crippen LogP contribution in [-0.2, 0) is 9.59 Å². The Kier molecular flexibility index (Phi) is 9.19. The highest BCUT2D eigenvalue weighted by Crippen LogP contribution is 2.29. The molecule has 0 aliphatic heterocycles. The van der Waals surface area contributed by atoms with Crippen molar-refractivity contribution in [2.45, 2.75) is 57.1 Å². The minimum Gasteiger partial charge on any atom is -0.420 e. The van der Waals surface area contributed by atoms with Crippen LogP contribution in [0.2, 0.25) is 0 Å². The standard InChI is InChI=1S/C18H22F5NO3S/c1-18(2,28)8-3-4-9-24-10(25)6-5-7-11(26)27-17-15(22)13(20)12(19)14(21)16(17)23/h28H,3-9H2,1-2H3,(H,24,25). The number of carbonyl (C=O) groups is 2. The SMILES string of the molecule is CC(C)(S)CCCCNC(=O)CCCC(=O)Oc1c(F)c(F)c(F)c(F)c1F. The molecule has 0 radical (unpaired) electrons. The van der Waals surface area contributed by atoms with Gasteiger partial charge in [0.25, 0.3) is 0 Å². The first-order valence-electron chi connectivity index (χ1n) is 8.65. The van der Waals surface area contributed by atoms with Crippen molar-refractivity contribution in [3.8, 4) is 5.75 Å². The first kappa shape index (κ1) is 24.2. The molecule has 1 N–H and O–H groups in total. The number of benzene rings is 1. The molecular formula is C18H22F5NO3S. The Morgan fingerprint density at radius 3 is 1.96 bits per heavy atom. The van der Waals surface area contributed by atoms with Crippen LogP contribution in [0.3, 0.4) is 0 Å². The summed E-state index contributed by atoms with van der Waals surface area (Å²) in [5.41, 5.74) is 0. The number of esters is 1. The fourth-order valence-electron chi connectivity index (χ4n) is 2.23. The van der Waals surface area contributed by atoms with Gasteiger partial charge in [-0.1, -0.05) is 20.3 Å². The number of thiol groups is 1. The number of unbranched alkanes of at least 4 members (excludes halogenated alkanes) is 1. The molecule has 0 saturated heterocycles. The molecule has 1 aromatic carbocycles. The van der Waals surface area contributed by atoms with Gasteiger partial charge in [-0.15, -0.1) is 0 Å². The predicted octanol–water partition coefficient (Wildman–Crippen LogP) is 4.45. The lowest BCUT2D eigenvalue weighted by Gasteiger charge is -2.16. The second kappa shape index (κ2) is 10.6. The molecule has 0 unspecified atom stereocenters. The van der Waals surface area contributed by atoms with Crippen LogP contribution in [-0.4, -0.2) is 23.2 Å². The van der Waals surface area contributed by atoms with Crippen LogP contribution < -0.4 is 10.1 Å². The molecule has 28 heavy (non-hydrogen) atoms. The van der Waals surface area contributed by atoms with Gasteiger partial charge in [0.15, 0.2) is 0 Å². The summed E-state index contributed by atoms with van der Waals surface area (Å²) in [6.07, 6.45) is 2.04. The number of hydrogen-bond acceptors (Lipinski definition) is 4. The molecule has 0 fully saturated rings. The van der Waals surface area contributed by atoms with Crippen LogP contribution in [0, 0.1) is 29.1 Å². The van der Waals surface area contributed by atoms with Gasteiger partial charge in [-0.25, -0.2) is 13.2 Å². The minimum atomic E-state index is -2.34. The highest BCUT2D eigenvalue weighted by atomic mass is 32.1. The molecule has 4 nitrogen and oxygen atoms in total. The maximum atomic E-state index is 13.4. The highest BCUT2D eigenvalue weighted by Gasteiger charge is 2.28. The average molecular weight is 427 g/mol. The van der Waals surface area contributed by atoms with Gasteiger partial charge < -0.3 is 10.1 Å². The average Bonchev–Trinajstić information content (AvgIpc) is 2.60. The van der Waals surface area contributed by atoms with E-state index in [1.54, 1.807) is 0 Å². The van der Waals surface area contributed by atoms with Gasteiger partial charge in [0.1, 0.15) is 0 Å². The lowest BCUT2D eigenvalue weighted by molar-refractivity contribution is -0.135. The van der Waals surface area contributed by atoms with Crippen LogP contribution in [0.25, 0.3) is 0 Å². The third-order valence-corrected chi connectivity index (χ3v) is 3.93. The molecular weight excluding hydrogens is 405 g/mol. The molecule has 10 heteroatoms. The number of nitrogens with one attached hydrogen (secondary N) is 1. The molecule has 0 saturated carbocycles. The summed E-state index contributed by atoms with van der Waals surface area (Å²) in [5.74, 6) is -14.4. The first-order valence-corrected chi connectivity index (χ1v) is 9.10. The van der Waals surface area contributed by atoms with E-state index in [0.717, 1.165) is 19.3 Å². The van der Waals surface area contributed by atoms with Crippen molar-refractivity contribution in [3.63, 3.8) is 0 Å². The summed E-state index contributed by atoms with van der Waals surface area (Å²) in [5, 5.41) is 2.65. The van der Waals surface area contributed by atoms with E-state index >= 15 is 0 Å². The number of ether oxygens (including phenoxy) is 1. The molecule has 0 heterocycles. The maximum absolute atomic E-state index is 13.4.